The number of para-hydroxylation sites is 1. The van der Waals surface area contributed by atoms with Crippen molar-refractivity contribution in [1.29, 1.82) is 0 Å². The first-order valence-electron chi connectivity index (χ1n) is 7.70. The van der Waals surface area contributed by atoms with E-state index in [1.807, 2.05) is 37.3 Å². The van der Waals surface area contributed by atoms with Gasteiger partial charge in [0.15, 0.2) is 0 Å². The first-order valence-corrected chi connectivity index (χ1v) is 7.70. The fraction of sp³-hybridized carbons (Fsp3) is 0.111. The molecule has 3 rings (SSSR count). The zero-order valence-electron chi connectivity index (χ0n) is 13.9. The number of hydrogen-bond acceptors (Lipinski definition) is 6. The number of nitro benzene ring substituents is 1. The fourth-order valence-electron chi connectivity index (χ4n) is 2.57. The molecule has 0 fully saturated rings. The molecule has 0 bridgehead atoms. The molecule has 25 heavy (non-hydrogen) atoms. The SMILES string of the molecule is CNc1ccc(/C=N/Nc2cc(C)c3ccccc3n2)cc1[N+](=O)[O-]. The largest absolute Gasteiger partial charge is 0.383 e. The summed E-state index contributed by atoms with van der Waals surface area (Å²) in [7, 11) is 1.64. The summed E-state index contributed by atoms with van der Waals surface area (Å²) in [4.78, 5) is 15.2. The van der Waals surface area contributed by atoms with Gasteiger partial charge in [0.2, 0.25) is 0 Å². The summed E-state index contributed by atoms with van der Waals surface area (Å²) in [6.45, 7) is 2.01. The predicted molar refractivity (Wildman–Crippen MR) is 100 cm³/mol. The maximum atomic E-state index is 11.1. The summed E-state index contributed by atoms with van der Waals surface area (Å²) in [5.74, 6) is 0.619. The van der Waals surface area contributed by atoms with E-state index in [1.54, 1.807) is 19.2 Å². The molecule has 2 aromatic carbocycles. The number of hydrazone groups is 1. The summed E-state index contributed by atoms with van der Waals surface area (Å²) in [5, 5.41) is 19.1. The van der Waals surface area contributed by atoms with Crippen LogP contribution in [0.15, 0.2) is 53.6 Å². The predicted octanol–water partition coefficient (Wildman–Crippen LogP) is 3.94. The lowest BCUT2D eigenvalue weighted by molar-refractivity contribution is -0.383. The van der Waals surface area contributed by atoms with Crippen molar-refractivity contribution in [3.05, 3.63) is 69.8 Å². The number of nitrogens with zero attached hydrogens (tertiary/aromatic N) is 3. The van der Waals surface area contributed by atoms with Gasteiger partial charge in [0.1, 0.15) is 11.5 Å². The number of aryl methyl sites for hydroxylation is 1. The number of nitrogens with one attached hydrogen (secondary N) is 2. The van der Waals surface area contributed by atoms with Gasteiger partial charge in [-0.2, -0.15) is 5.10 Å². The van der Waals surface area contributed by atoms with E-state index in [1.165, 1.54) is 12.3 Å². The minimum Gasteiger partial charge on any atom is -0.383 e. The van der Waals surface area contributed by atoms with Crippen molar-refractivity contribution in [2.45, 2.75) is 6.92 Å². The lowest BCUT2D eigenvalue weighted by Crippen LogP contribution is -1.99. The number of nitro groups is 1. The van der Waals surface area contributed by atoms with Crippen molar-refractivity contribution < 1.29 is 4.92 Å². The maximum Gasteiger partial charge on any atom is 0.292 e. The first kappa shape index (κ1) is 16.4. The molecule has 0 saturated heterocycles. The molecule has 0 aliphatic carbocycles. The second kappa shape index (κ2) is 6.96. The van der Waals surface area contributed by atoms with Crippen LogP contribution in [0.3, 0.4) is 0 Å². The molecule has 7 nitrogen and oxygen atoms in total. The first-order chi connectivity index (χ1) is 12.1. The van der Waals surface area contributed by atoms with Gasteiger partial charge in [-0.25, -0.2) is 4.98 Å². The third-order valence-electron chi connectivity index (χ3n) is 3.80. The van der Waals surface area contributed by atoms with Gasteiger partial charge in [-0.05, 0) is 30.7 Å². The van der Waals surface area contributed by atoms with E-state index in [9.17, 15) is 10.1 Å². The highest BCUT2D eigenvalue weighted by Crippen LogP contribution is 2.24. The standard InChI is InChI=1S/C18H17N5O2/c1-12-9-18(21-15-6-4-3-5-14(12)15)22-20-11-13-7-8-16(19-2)17(10-13)23(24)25/h3-11,19H,1-2H3,(H,21,22)/b20-11+. The Morgan fingerprint density at radius 3 is 2.76 bits per heavy atom. The Hall–Kier alpha value is -3.48. The summed E-state index contributed by atoms with van der Waals surface area (Å²) < 4.78 is 0. The van der Waals surface area contributed by atoms with E-state index in [4.69, 9.17) is 0 Å². The van der Waals surface area contributed by atoms with Crippen LogP contribution in [-0.2, 0) is 0 Å². The zero-order chi connectivity index (χ0) is 17.8. The molecule has 0 unspecified atom stereocenters. The van der Waals surface area contributed by atoms with Gasteiger partial charge in [-0.1, -0.05) is 24.3 Å². The van der Waals surface area contributed by atoms with Gasteiger partial charge in [0.05, 0.1) is 16.7 Å². The molecule has 0 amide bonds. The molecule has 1 aromatic heterocycles. The van der Waals surface area contributed by atoms with Crippen LogP contribution < -0.4 is 10.7 Å². The molecule has 126 valence electrons. The minimum atomic E-state index is -0.426. The highest BCUT2D eigenvalue weighted by molar-refractivity contribution is 5.85. The molecule has 0 radical (unpaired) electrons. The molecule has 0 saturated carbocycles. The number of pyridine rings is 1. The minimum absolute atomic E-state index is 0.00567. The van der Waals surface area contributed by atoms with Crippen LogP contribution in [0.5, 0.6) is 0 Å². The summed E-state index contributed by atoms with van der Waals surface area (Å²) in [6, 6.07) is 14.7. The van der Waals surface area contributed by atoms with Crippen molar-refractivity contribution in [3.8, 4) is 0 Å². The van der Waals surface area contributed by atoms with Gasteiger partial charge >= 0.3 is 0 Å². The number of aromatic nitrogens is 1. The monoisotopic (exact) mass is 335 g/mol. The summed E-state index contributed by atoms with van der Waals surface area (Å²) in [6.07, 6.45) is 1.53. The number of rotatable bonds is 5. The van der Waals surface area contributed by atoms with Crippen LogP contribution in [0.2, 0.25) is 0 Å². The van der Waals surface area contributed by atoms with E-state index in [-0.39, 0.29) is 5.69 Å². The van der Waals surface area contributed by atoms with E-state index < -0.39 is 4.92 Å². The van der Waals surface area contributed by atoms with Crippen LogP contribution >= 0.6 is 0 Å². The lowest BCUT2D eigenvalue weighted by Gasteiger charge is -2.05. The van der Waals surface area contributed by atoms with E-state index in [0.29, 0.717) is 17.1 Å². The van der Waals surface area contributed by atoms with Gasteiger partial charge in [0.25, 0.3) is 5.69 Å². The van der Waals surface area contributed by atoms with Crippen molar-refractivity contribution in [3.63, 3.8) is 0 Å². The van der Waals surface area contributed by atoms with Crippen molar-refractivity contribution in [1.82, 2.24) is 4.98 Å². The maximum absolute atomic E-state index is 11.1. The molecule has 0 atom stereocenters. The van der Waals surface area contributed by atoms with Crippen LogP contribution in [-0.4, -0.2) is 23.2 Å². The molecule has 0 aliphatic rings. The van der Waals surface area contributed by atoms with Crippen molar-refractivity contribution in [2.75, 3.05) is 17.8 Å². The highest BCUT2D eigenvalue weighted by Gasteiger charge is 2.12. The van der Waals surface area contributed by atoms with Crippen LogP contribution in [0.1, 0.15) is 11.1 Å². The Morgan fingerprint density at radius 1 is 1.20 bits per heavy atom. The molecule has 1 heterocycles. The second-order valence-corrected chi connectivity index (χ2v) is 5.50. The average molecular weight is 335 g/mol. The third kappa shape index (κ3) is 3.55. The Labute approximate surface area is 144 Å². The fourth-order valence-corrected chi connectivity index (χ4v) is 2.57. The third-order valence-corrected chi connectivity index (χ3v) is 3.80. The Balaban J connectivity index is 1.82. The molecular formula is C18H17N5O2. The number of hydrogen-bond donors (Lipinski definition) is 2. The molecular weight excluding hydrogens is 318 g/mol. The molecule has 2 N–H and O–H groups in total. The van der Waals surface area contributed by atoms with Gasteiger partial charge in [-0.15, -0.1) is 0 Å². The topological polar surface area (TPSA) is 92.5 Å². The number of benzene rings is 2. The quantitative estimate of drug-likeness (QED) is 0.418. The van der Waals surface area contributed by atoms with Gasteiger partial charge in [0, 0.05) is 24.1 Å². The Kier molecular flexibility index (Phi) is 4.56. The molecule has 7 heteroatoms. The van der Waals surface area contributed by atoms with E-state index in [2.05, 4.69) is 20.8 Å². The lowest BCUT2D eigenvalue weighted by atomic mass is 10.1. The Bertz CT molecular complexity index is 969. The van der Waals surface area contributed by atoms with Crippen molar-refractivity contribution >= 4 is 34.3 Å². The molecule has 0 spiro atoms. The smallest absolute Gasteiger partial charge is 0.292 e. The van der Waals surface area contributed by atoms with Gasteiger partial charge in [-0.3, -0.25) is 15.5 Å². The second-order valence-electron chi connectivity index (χ2n) is 5.50. The van der Waals surface area contributed by atoms with Crippen molar-refractivity contribution in [2.24, 2.45) is 5.10 Å². The van der Waals surface area contributed by atoms with E-state index >= 15 is 0 Å². The zero-order valence-corrected chi connectivity index (χ0v) is 13.9. The molecule has 3 aromatic rings. The van der Waals surface area contributed by atoms with Crippen LogP contribution in [0, 0.1) is 17.0 Å². The van der Waals surface area contributed by atoms with Gasteiger partial charge < -0.3 is 5.32 Å². The number of anilines is 2. The van der Waals surface area contributed by atoms with Crippen LogP contribution in [0.25, 0.3) is 10.9 Å². The van der Waals surface area contributed by atoms with Crippen LogP contribution in [0.4, 0.5) is 17.2 Å². The normalized spacial score (nSPS) is 11.0. The molecule has 0 aliphatic heterocycles. The van der Waals surface area contributed by atoms with E-state index in [0.717, 1.165) is 16.5 Å². The number of fused-ring (bicyclic) bond motifs is 1. The summed E-state index contributed by atoms with van der Waals surface area (Å²) >= 11 is 0. The Morgan fingerprint density at radius 2 is 2.00 bits per heavy atom. The average Bonchev–Trinajstić information content (AvgIpc) is 2.61. The highest BCUT2D eigenvalue weighted by atomic mass is 16.6. The summed E-state index contributed by atoms with van der Waals surface area (Å²) in [5.41, 5.74) is 5.94.